The molecule has 1 fully saturated rings. The van der Waals surface area contributed by atoms with Crippen molar-refractivity contribution in [2.75, 3.05) is 18.7 Å². The summed E-state index contributed by atoms with van der Waals surface area (Å²) in [6, 6.07) is 16.7. The molecule has 2 aromatic carbocycles. The molecule has 0 spiro atoms. The number of benzene rings is 2. The Morgan fingerprint density at radius 1 is 1.13 bits per heavy atom. The van der Waals surface area contributed by atoms with Gasteiger partial charge in [-0.25, -0.2) is 9.69 Å². The lowest BCUT2D eigenvalue weighted by molar-refractivity contribution is -0.122. The van der Waals surface area contributed by atoms with E-state index in [-0.39, 0.29) is 13.4 Å². The van der Waals surface area contributed by atoms with Crippen molar-refractivity contribution >= 4 is 18.1 Å². The molecule has 0 aliphatic carbocycles. The van der Waals surface area contributed by atoms with Crippen molar-refractivity contribution in [3.63, 3.8) is 0 Å². The highest BCUT2D eigenvalue weighted by atomic mass is 16.7. The van der Waals surface area contributed by atoms with Gasteiger partial charge in [-0.1, -0.05) is 42.5 Å². The Balaban J connectivity index is 1.74. The highest BCUT2D eigenvalue weighted by Crippen LogP contribution is 2.22. The second-order valence-electron chi connectivity index (χ2n) is 5.00. The number of ether oxygens (including phenoxy) is 2. The molecular weight excluding hydrogens is 296 g/mol. The third kappa shape index (κ3) is 3.56. The summed E-state index contributed by atoms with van der Waals surface area (Å²) < 4.78 is 10.2. The number of nitrogens with zero attached hydrogens (tertiary/aromatic N) is 1. The number of hydrogen-bond donors (Lipinski definition) is 1. The number of nitrogens with one attached hydrogen (secondary N) is 1. The molecule has 1 aliphatic heterocycles. The Morgan fingerprint density at radius 3 is 2.61 bits per heavy atom. The van der Waals surface area contributed by atoms with E-state index in [9.17, 15) is 9.59 Å². The van der Waals surface area contributed by atoms with Gasteiger partial charge in [0.25, 0.3) is 0 Å². The lowest BCUT2D eigenvalue weighted by Crippen LogP contribution is -2.43. The third-order valence-corrected chi connectivity index (χ3v) is 3.48. The van der Waals surface area contributed by atoms with Crippen LogP contribution in [0, 0.1) is 0 Å². The maximum Gasteiger partial charge on any atom is 0.330 e. The van der Waals surface area contributed by atoms with Crippen LogP contribution in [0.15, 0.2) is 54.6 Å². The molecule has 23 heavy (non-hydrogen) atoms. The first-order valence-electron chi connectivity index (χ1n) is 7.17. The van der Waals surface area contributed by atoms with Crippen LogP contribution in [0.1, 0.15) is 0 Å². The quantitative estimate of drug-likeness (QED) is 0.881. The van der Waals surface area contributed by atoms with Crippen LogP contribution in [0.2, 0.25) is 0 Å². The van der Waals surface area contributed by atoms with Gasteiger partial charge in [-0.05, 0) is 23.3 Å². The monoisotopic (exact) mass is 312 g/mol. The third-order valence-electron chi connectivity index (χ3n) is 3.48. The fourth-order valence-corrected chi connectivity index (χ4v) is 2.33. The first kappa shape index (κ1) is 15.2. The van der Waals surface area contributed by atoms with Gasteiger partial charge in [0, 0.05) is 5.69 Å². The Morgan fingerprint density at radius 2 is 1.91 bits per heavy atom. The number of amides is 3. The van der Waals surface area contributed by atoms with E-state index < -0.39 is 12.3 Å². The van der Waals surface area contributed by atoms with Gasteiger partial charge in [-0.15, -0.1) is 0 Å². The highest BCUT2D eigenvalue weighted by Gasteiger charge is 2.28. The molecular formula is C17H16N2O4. The molecule has 118 valence electrons. The summed E-state index contributed by atoms with van der Waals surface area (Å²) in [4.78, 5) is 24.3. The topological polar surface area (TPSA) is 67.9 Å². The predicted molar refractivity (Wildman–Crippen MR) is 84.5 cm³/mol. The number of imide groups is 1. The number of carbonyl (C=O) groups is 2. The molecule has 1 heterocycles. The Bertz CT molecular complexity index is 684. The Labute approximate surface area is 133 Å². The molecule has 1 atom stereocenters. The summed E-state index contributed by atoms with van der Waals surface area (Å²) in [5.74, 6) is 0. The first-order valence-corrected chi connectivity index (χ1v) is 7.17. The summed E-state index contributed by atoms with van der Waals surface area (Å²) >= 11 is 0. The van der Waals surface area contributed by atoms with Gasteiger partial charge in [-0.3, -0.25) is 4.79 Å². The van der Waals surface area contributed by atoms with Crippen LogP contribution in [0.4, 0.5) is 10.5 Å². The molecule has 0 saturated carbocycles. The van der Waals surface area contributed by atoms with Gasteiger partial charge in [0.1, 0.15) is 6.79 Å². The van der Waals surface area contributed by atoms with Crippen LogP contribution < -0.4 is 5.32 Å². The summed E-state index contributed by atoms with van der Waals surface area (Å²) in [6.45, 7) is 0.252. The fourth-order valence-electron chi connectivity index (χ4n) is 2.33. The van der Waals surface area contributed by atoms with Crippen LogP contribution in [0.25, 0.3) is 11.1 Å². The van der Waals surface area contributed by atoms with Gasteiger partial charge >= 0.3 is 6.03 Å². The maximum atomic E-state index is 12.2. The van der Waals surface area contributed by atoms with Crippen LogP contribution in [-0.4, -0.2) is 37.0 Å². The normalized spacial score (nSPS) is 16.8. The summed E-state index contributed by atoms with van der Waals surface area (Å²) in [6.07, 6.45) is -0.250. The second kappa shape index (κ2) is 7.04. The van der Waals surface area contributed by atoms with Crippen LogP contribution in [-0.2, 0) is 14.3 Å². The fraction of sp³-hybridized carbons (Fsp3) is 0.176. The van der Waals surface area contributed by atoms with Gasteiger partial charge < -0.3 is 14.8 Å². The Kier molecular flexibility index (Phi) is 4.65. The smallest absolute Gasteiger partial charge is 0.330 e. The minimum absolute atomic E-state index is 0.0752. The van der Waals surface area contributed by atoms with Gasteiger partial charge in [0.05, 0.1) is 6.61 Å². The maximum absolute atomic E-state index is 12.2. The van der Waals surface area contributed by atoms with Gasteiger partial charge in [0.2, 0.25) is 6.41 Å². The van der Waals surface area contributed by atoms with Crippen molar-refractivity contribution in [1.82, 2.24) is 4.90 Å². The minimum Gasteiger partial charge on any atom is -0.351 e. The van der Waals surface area contributed by atoms with Crippen molar-refractivity contribution in [1.29, 1.82) is 0 Å². The molecule has 1 saturated heterocycles. The van der Waals surface area contributed by atoms with Crippen LogP contribution in [0.5, 0.6) is 0 Å². The van der Waals surface area contributed by atoms with E-state index in [4.69, 9.17) is 9.47 Å². The molecule has 6 heteroatoms. The Hall–Kier alpha value is -2.70. The van der Waals surface area contributed by atoms with Gasteiger partial charge in [-0.2, -0.15) is 0 Å². The largest absolute Gasteiger partial charge is 0.351 e. The lowest BCUT2D eigenvalue weighted by atomic mass is 10.1. The van der Waals surface area contributed by atoms with Crippen molar-refractivity contribution in [3.8, 4) is 11.1 Å². The number of urea groups is 1. The van der Waals surface area contributed by atoms with E-state index in [0.717, 1.165) is 16.0 Å². The van der Waals surface area contributed by atoms with E-state index in [0.29, 0.717) is 12.1 Å². The molecule has 1 aliphatic rings. The highest BCUT2D eigenvalue weighted by molar-refractivity contribution is 5.96. The SMILES string of the molecule is O=CN(C(=O)Nc1cccc(-c2ccccc2)c1)C1COCO1. The number of carbonyl (C=O) groups excluding carboxylic acids is 2. The van der Waals surface area contributed by atoms with Crippen molar-refractivity contribution < 1.29 is 19.1 Å². The molecule has 0 bridgehead atoms. The molecule has 1 unspecified atom stereocenters. The molecule has 3 amide bonds. The summed E-state index contributed by atoms with van der Waals surface area (Å²) in [5, 5.41) is 2.70. The number of rotatable bonds is 4. The minimum atomic E-state index is -0.690. The molecule has 6 nitrogen and oxygen atoms in total. The molecule has 2 aromatic rings. The summed E-state index contributed by atoms with van der Waals surface area (Å²) in [7, 11) is 0. The number of hydrogen-bond acceptors (Lipinski definition) is 4. The zero-order valence-corrected chi connectivity index (χ0v) is 12.3. The van der Waals surface area contributed by atoms with Crippen molar-refractivity contribution in [2.24, 2.45) is 0 Å². The predicted octanol–water partition coefficient (Wildman–Crippen LogP) is 2.67. The van der Waals surface area contributed by atoms with Crippen LogP contribution in [0.3, 0.4) is 0 Å². The van der Waals surface area contributed by atoms with Gasteiger partial charge in [0.15, 0.2) is 6.23 Å². The first-order chi connectivity index (χ1) is 11.3. The van der Waals surface area contributed by atoms with Crippen molar-refractivity contribution in [3.05, 3.63) is 54.6 Å². The second-order valence-corrected chi connectivity index (χ2v) is 5.00. The van der Waals surface area contributed by atoms with E-state index in [1.165, 1.54) is 0 Å². The average Bonchev–Trinajstić information content (AvgIpc) is 3.11. The van der Waals surface area contributed by atoms with E-state index in [1.54, 1.807) is 6.07 Å². The van der Waals surface area contributed by atoms with Crippen LogP contribution >= 0.6 is 0 Å². The zero-order chi connectivity index (χ0) is 16.1. The van der Waals surface area contributed by atoms with E-state index in [1.807, 2.05) is 48.5 Å². The molecule has 1 N–H and O–H groups in total. The molecule has 0 aromatic heterocycles. The molecule has 3 rings (SSSR count). The van der Waals surface area contributed by atoms with Crippen molar-refractivity contribution in [2.45, 2.75) is 6.23 Å². The summed E-state index contributed by atoms with van der Waals surface area (Å²) in [5.41, 5.74) is 2.62. The lowest BCUT2D eigenvalue weighted by Gasteiger charge is -2.21. The average molecular weight is 312 g/mol. The van der Waals surface area contributed by atoms with E-state index in [2.05, 4.69) is 5.32 Å². The standard InChI is InChI=1S/C17H16N2O4/c20-11-19(16-10-22-12-23-16)17(21)18-15-8-4-7-14(9-15)13-5-2-1-3-6-13/h1-9,11,16H,10,12H2,(H,18,21). The zero-order valence-electron chi connectivity index (χ0n) is 12.3. The molecule has 0 radical (unpaired) electrons. The van der Waals surface area contributed by atoms with E-state index >= 15 is 0 Å². The number of anilines is 1.